The molecule has 0 bridgehead atoms. The minimum absolute atomic E-state index is 0.215. The van der Waals surface area contributed by atoms with Crippen LogP contribution in [0.4, 0.5) is 0 Å². The minimum Gasteiger partial charge on any atom is -0.494 e. The molecule has 2 rings (SSSR count). The first-order valence-corrected chi connectivity index (χ1v) is 7.38. The van der Waals surface area contributed by atoms with Crippen molar-refractivity contribution in [2.75, 3.05) is 13.2 Å². The number of carboxylic acids is 1. The molecule has 1 aromatic heterocycles. The van der Waals surface area contributed by atoms with Crippen LogP contribution < -0.4 is 15.0 Å². The highest BCUT2D eigenvalue weighted by Gasteiger charge is 2.09. The summed E-state index contributed by atoms with van der Waals surface area (Å²) in [5, 5.41) is 8.78. The van der Waals surface area contributed by atoms with Gasteiger partial charge in [-0.3, -0.25) is 9.59 Å². The maximum atomic E-state index is 12.0. The molecule has 0 atom stereocenters. The van der Waals surface area contributed by atoms with E-state index in [4.69, 9.17) is 14.6 Å². The molecule has 0 aliphatic carbocycles. The molecule has 0 saturated heterocycles. The number of nitrogens with one attached hydrogen (secondary N) is 1. The molecular formula is C17H19NO5. The van der Waals surface area contributed by atoms with Crippen molar-refractivity contribution in [3.63, 3.8) is 0 Å². The van der Waals surface area contributed by atoms with Gasteiger partial charge in [-0.1, -0.05) is 6.07 Å². The van der Waals surface area contributed by atoms with Gasteiger partial charge in [0.05, 0.1) is 19.6 Å². The summed E-state index contributed by atoms with van der Waals surface area (Å²) in [5.41, 5.74) is 1.11. The summed E-state index contributed by atoms with van der Waals surface area (Å²) >= 11 is 0. The van der Waals surface area contributed by atoms with E-state index in [-0.39, 0.29) is 12.0 Å². The maximum Gasteiger partial charge on any atom is 0.308 e. The Hall–Kier alpha value is -2.76. The van der Waals surface area contributed by atoms with E-state index < -0.39 is 11.5 Å². The quantitative estimate of drug-likeness (QED) is 0.819. The van der Waals surface area contributed by atoms with Crippen molar-refractivity contribution >= 4 is 5.97 Å². The summed E-state index contributed by atoms with van der Waals surface area (Å²) in [7, 11) is 0. The molecule has 2 aromatic rings. The van der Waals surface area contributed by atoms with Crippen LogP contribution in [0, 0.1) is 0 Å². The standard InChI is InChI=1S/C17H19NO5/c1-3-22-13-7-12(8-14(10-13)23-4-2)15-6-5-11(9-16(19)20)17(21)18-15/h5-8,10H,3-4,9H2,1-2H3,(H,18,21)(H,19,20). The lowest BCUT2D eigenvalue weighted by molar-refractivity contribution is -0.136. The van der Waals surface area contributed by atoms with Crippen molar-refractivity contribution in [3.05, 3.63) is 46.2 Å². The number of rotatable bonds is 7. The predicted octanol–water partition coefficient (Wildman–Crippen LogP) is 2.47. The molecule has 6 nitrogen and oxygen atoms in total. The fourth-order valence-corrected chi connectivity index (χ4v) is 2.20. The molecule has 1 aromatic carbocycles. The first-order valence-electron chi connectivity index (χ1n) is 7.38. The van der Waals surface area contributed by atoms with Gasteiger partial charge in [-0.25, -0.2) is 0 Å². The highest BCUT2D eigenvalue weighted by Crippen LogP contribution is 2.28. The monoisotopic (exact) mass is 317 g/mol. The molecule has 0 saturated carbocycles. The predicted molar refractivity (Wildman–Crippen MR) is 86.2 cm³/mol. The average molecular weight is 317 g/mol. The third-order valence-corrected chi connectivity index (χ3v) is 3.15. The summed E-state index contributed by atoms with van der Waals surface area (Å²) in [5.74, 6) is 0.244. The normalized spacial score (nSPS) is 10.3. The SMILES string of the molecule is CCOc1cc(OCC)cc(-c2ccc(CC(=O)O)c(=O)[nH]2)c1. The largest absolute Gasteiger partial charge is 0.494 e. The number of aromatic amines is 1. The Kier molecular flexibility index (Phi) is 5.41. The van der Waals surface area contributed by atoms with Gasteiger partial charge < -0.3 is 19.6 Å². The topological polar surface area (TPSA) is 88.6 Å². The van der Waals surface area contributed by atoms with E-state index in [0.29, 0.717) is 30.4 Å². The zero-order valence-corrected chi connectivity index (χ0v) is 13.1. The van der Waals surface area contributed by atoms with Crippen LogP contribution >= 0.6 is 0 Å². The first-order chi connectivity index (χ1) is 11.0. The Balaban J connectivity index is 2.42. The number of carbonyl (C=O) groups is 1. The van der Waals surface area contributed by atoms with Gasteiger partial charge in [0.25, 0.3) is 5.56 Å². The van der Waals surface area contributed by atoms with E-state index in [1.165, 1.54) is 6.07 Å². The maximum absolute atomic E-state index is 12.0. The van der Waals surface area contributed by atoms with E-state index >= 15 is 0 Å². The molecule has 0 spiro atoms. The lowest BCUT2D eigenvalue weighted by Crippen LogP contribution is -2.16. The van der Waals surface area contributed by atoms with Crippen molar-refractivity contribution in [2.24, 2.45) is 0 Å². The Morgan fingerprint density at radius 2 is 1.70 bits per heavy atom. The van der Waals surface area contributed by atoms with Crippen LogP contribution in [-0.2, 0) is 11.2 Å². The second kappa shape index (κ2) is 7.49. The van der Waals surface area contributed by atoms with Crippen LogP contribution in [0.15, 0.2) is 35.1 Å². The van der Waals surface area contributed by atoms with Crippen LogP contribution in [0.5, 0.6) is 11.5 Å². The lowest BCUT2D eigenvalue weighted by atomic mass is 10.1. The van der Waals surface area contributed by atoms with E-state index in [0.717, 1.165) is 5.56 Å². The second-order valence-corrected chi connectivity index (χ2v) is 4.86. The van der Waals surface area contributed by atoms with E-state index in [1.807, 2.05) is 13.8 Å². The average Bonchev–Trinajstić information content (AvgIpc) is 2.49. The summed E-state index contributed by atoms with van der Waals surface area (Å²) in [6.45, 7) is 4.80. The van der Waals surface area contributed by atoms with Gasteiger partial charge in [0.1, 0.15) is 11.5 Å². The third kappa shape index (κ3) is 4.35. The molecule has 0 radical (unpaired) electrons. The van der Waals surface area contributed by atoms with Gasteiger partial charge in [-0.15, -0.1) is 0 Å². The molecule has 1 heterocycles. The van der Waals surface area contributed by atoms with Gasteiger partial charge in [0.2, 0.25) is 0 Å². The van der Waals surface area contributed by atoms with Crippen LogP contribution in [0.2, 0.25) is 0 Å². The highest BCUT2D eigenvalue weighted by atomic mass is 16.5. The number of carboxylic acid groups (broad SMARTS) is 1. The Bertz CT molecular complexity index is 727. The molecule has 23 heavy (non-hydrogen) atoms. The van der Waals surface area contributed by atoms with Gasteiger partial charge in [-0.2, -0.15) is 0 Å². The van der Waals surface area contributed by atoms with Crippen LogP contribution in [0.1, 0.15) is 19.4 Å². The minimum atomic E-state index is -1.04. The lowest BCUT2D eigenvalue weighted by Gasteiger charge is -2.11. The number of hydrogen-bond donors (Lipinski definition) is 2. The van der Waals surface area contributed by atoms with E-state index in [9.17, 15) is 9.59 Å². The molecule has 0 fully saturated rings. The van der Waals surface area contributed by atoms with Crippen molar-refractivity contribution in [3.8, 4) is 22.8 Å². The van der Waals surface area contributed by atoms with Crippen LogP contribution in [-0.4, -0.2) is 29.3 Å². The zero-order valence-electron chi connectivity index (χ0n) is 13.1. The summed E-state index contributed by atoms with van der Waals surface area (Å²) in [6.07, 6.45) is -0.307. The van der Waals surface area contributed by atoms with E-state index in [2.05, 4.69) is 4.98 Å². The number of pyridine rings is 1. The van der Waals surface area contributed by atoms with E-state index in [1.54, 1.807) is 24.3 Å². The van der Waals surface area contributed by atoms with Gasteiger partial charge in [0, 0.05) is 22.9 Å². The van der Waals surface area contributed by atoms with Crippen LogP contribution in [0.25, 0.3) is 11.3 Å². The number of H-pyrrole nitrogens is 1. The summed E-state index contributed by atoms with van der Waals surface area (Å²) in [6, 6.07) is 8.59. The smallest absolute Gasteiger partial charge is 0.308 e. The molecule has 0 unspecified atom stereocenters. The van der Waals surface area contributed by atoms with Gasteiger partial charge in [0.15, 0.2) is 0 Å². The second-order valence-electron chi connectivity index (χ2n) is 4.86. The molecule has 0 aliphatic rings. The number of benzene rings is 1. The number of hydrogen-bond acceptors (Lipinski definition) is 4. The molecule has 0 aliphatic heterocycles. The van der Waals surface area contributed by atoms with Gasteiger partial charge >= 0.3 is 5.97 Å². The highest BCUT2D eigenvalue weighted by molar-refractivity contribution is 5.70. The van der Waals surface area contributed by atoms with Crippen molar-refractivity contribution in [1.29, 1.82) is 0 Å². The van der Waals surface area contributed by atoms with Crippen LogP contribution in [0.3, 0.4) is 0 Å². The van der Waals surface area contributed by atoms with Crippen molar-refractivity contribution in [1.82, 2.24) is 4.98 Å². The first kappa shape index (κ1) is 16.6. The van der Waals surface area contributed by atoms with Gasteiger partial charge in [-0.05, 0) is 32.0 Å². The Morgan fingerprint density at radius 3 is 2.17 bits per heavy atom. The fraction of sp³-hybridized carbons (Fsp3) is 0.294. The van der Waals surface area contributed by atoms with Crippen molar-refractivity contribution < 1.29 is 19.4 Å². The Morgan fingerprint density at radius 1 is 1.09 bits per heavy atom. The molecule has 122 valence electrons. The third-order valence-electron chi connectivity index (χ3n) is 3.15. The number of aliphatic carboxylic acids is 1. The summed E-state index contributed by atoms with van der Waals surface area (Å²) in [4.78, 5) is 25.4. The van der Waals surface area contributed by atoms with Crippen molar-refractivity contribution in [2.45, 2.75) is 20.3 Å². The molecule has 0 amide bonds. The zero-order chi connectivity index (χ0) is 16.8. The molecular weight excluding hydrogens is 298 g/mol. The summed E-state index contributed by atoms with van der Waals surface area (Å²) < 4.78 is 11.0. The Labute approximate surface area is 133 Å². The molecule has 6 heteroatoms. The number of aromatic nitrogens is 1. The molecule has 2 N–H and O–H groups in total. The fourth-order valence-electron chi connectivity index (χ4n) is 2.20. The number of ether oxygens (including phenoxy) is 2.